The van der Waals surface area contributed by atoms with Gasteiger partial charge >= 0.3 is 0 Å². The number of oxime groups is 1. The van der Waals surface area contributed by atoms with E-state index in [0.29, 0.717) is 17.9 Å². The maximum Gasteiger partial charge on any atom is 0.226 e. The van der Waals surface area contributed by atoms with Crippen molar-refractivity contribution in [3.8, 4) is 0 Å². The first kappa shape index (κ1) is 18.4. The number of piperazine rings is 1. The number of hydrogen-bond donors (Lipinski definition) is 2. The predicted octanol–water partition coefficient (Wildman–Crippen LogP) is 2.78. The fourth-order valence-electron chi connectivity index (χ4n) is 3.88. The number of nitrogens with one attached hydrogen (secondary N) is 2. The van der Waals surface area contributed by atoms with Crippen LogP contribution < -0.4 is 10.6 Å². The van der Waals surface area contributed by atoms with Gasteiger partial charge in [0, 0.05) is 54.4 Å². The number of carbonyl (C=O) groups is 1. The molecule has 3 heterocycles. The van der Waals surface area contributed by atoms with Crippen LogP contribution >= 0.6 is 11.8 Å². The largest absolute Gasteiger partial charge is 0.394 e. The van der Waals surface area contributed by atoms with E-state index in [1.807, 2.05) is 48.5 Å². The fraction of sp³-hybridized carbons (Fsp3) is 0.273. The Morgan fingerprint density at radius 2 is 1.79 bits per heavy atom. The number of carbonyl (C=O) groups excluding carboxylic acids is 1. The quantitative estimate of drug-likeness (QED) is 0.462. The molecule has 3 aliphatic rings. The first-order valence-electron chi connectivity index (χ1n) is 9.87. The van der Waals surface area contributed by atoms with Crippen LogP contribution in [0.4, 0.5) is 5.69 Å². The summed E-state index contributed by atoms with van der Waals surface area (Å²) in [4.78, 5) is 21.9. The highest BCUT2D eigenvalue weighted by atomic mass is 32.2. The summed E-state index contributed by atoms with van der Waals surface area (Å²) in [5, 5.41) is 11.3. The minimum absolute atomic E-state index is 0.0371. The Balaban J connectivity index is 1.45. The molecule has 148 valence electrons. The number of nitrogens with zero attached hydrogens (tertiary/aromatic N) is 2. The molecule has 6 nitrogen and oxygen atoms in total. The third-order valence-corrected chi connectivity index (χ3v) is 6.32. The fourth-order valence-corrected chi connectivity index (χ4v) is 4.82. The highest BCUT2D eigenvalue weighted by Crippen LogP contribution is 2.44. The standard InChI is InChI=1S/C22H22N4O2S/c27-22-19(16-6-2-4-8-18(16)29-22)21-20(15-5-1-3-7-17(15)24-21)25-28-14-13-26-11-9-23-10-12-26/h1-8,23-24H,9-14H2/b21-19-,25-20+. The number of hydrogen-bond acceptors (Lipinski definition) is 7. The van der Waals surface area contributed by atoms with E-state index >= 15 is 0 Å². The summed E-state index contributed by atoms with van der Waals surface area (Å²) in [6.07, 6.45) is 0. The van der Waals surface area contributed by atoms with Gasteiger partial charge in [0.1, 0.15) is 12.3 Å². The lowest BCUT2D eigenvalue weighted by molar-refractivity contribution is -0.106. The average molecular weight is 407 g/mol. The number of anilines is 1. The molecule has 1 fully saturated rings. The molecule has 7 heteroatoms. The zero-order valence-electron chi connectivity index (χ0n) is 16.0. The van der Waals surface area contributed by atoms with Gasteiger partial charge in [0.2, 0.25) is 5.12 Å². The molecule has 2 N–H and O–H groups in total. The number of allylic oxidation sites excluding steroid dienone is 1. The lowest BCUT2D eigenvalue weighted by atomic mass is 10.0. The smallest absolute Gasteiger partial charge is 0.226 e. The van der Waals surface area contributed by atoms with Gasteiger partial charge in [-0.2, -0.15) is 0 Å². The molecule has 1 saturated heterocycles. The van der Waals surface area contributed by atoms with Crippen LogP contribution in [0.15, 0.2) is 64.3 Å². The number of benzene rings is 2. The molecule has 0 amide bonds. The maximum atomic E-state index is 12.8. The molecular weight excluding hydrogens is 384 g/mol. The molecule has 0 spiro atoms. The van der Waals surface area contributed by atoms with Crippen LogP contribution in [0.1, 0.15) is 11.1 Å². The Morgan fingerprint density at radius 3 is 2.66 bits per heavy atom. The van der Waals surface area contributed by atoms with E-state index in [-0.39, 0.29) is 5.12 Å². The molecule has 0 unspecified atom stereocenters. The van der Waals surface area contributed by atoms with E-state index in [2.05, 4.69) is 20.7 Å². The van der Waals surface area contributed by atoms with Crippen LogP contribution in [-0.4, -0.2) is 55.1 Å². The Morgan fingerprint density at radius 1 is 1.03 bits per heavy atom. The van der Waals surface area contributed by atoms with E-state index in [1.165, 1.54) is 11.8 Å². The van der Waals surface area contributed by atoms with Gasteiger partial charge in [0.05, 0.1) is 11.3 Å². The second kappa shape index (κ2) is 8.02. The van der Waals surface area contributed by atoms with Crippen LogP contribution in [0.25, 0.3) is 5.57 Å². The van der Waals surface area contributed by atoms with Crippen LogP contribution in [0.5, 0.6) is 0 Å². The van der Waals surface area contributed by atoms with Gasteiger partial charge in [-0.15, -0.1) is 0 Å². The molecule has 2 aromatic carbocycles. The Bertz CT molecular complexity index is 1010. The molecule has 3 aliphatic heterocycles. The number of thioether (sulfide) groups is 1. The van der Waals surface area contributed by atoms with Gasteiger partial charge in [0.15, 0.2) is 0 Å². The Labute approximate surface area is 174 Å². The molecule has 0 aliphatic carbocycles. The maximum absolute atomic E-state index is 12.8. The summed E-state index contributed by atoms with van der Waals surface area (Å²) in [6.45, 7) is 5.46. The molecule has 0 aromatic heterocycles. The summed E-state index contributed by atoms with van der Waals surface area (Å²) in [5.74, 6) is 0. The van der Waals surface area contributed by atoms with E-state index in [1.54, 1.807) is 0 Å². The Hall–Kier alpha value is -2.61. The van der Waals surface area contributed by atoms with Crippen LogP contribution in [0.3, 0.4) is 0 Å². The number of rotatable bonds is 4. The van der Waals surface area contributed by atoms with Gasteiger partial charge < -0.3 is 15.5 Å². The second-order valence-electron chi connectivity index (χ2n) is 7.17. The van der Waals surface area contributed by atoms with Gasteiger partial charge in [0.25, 0.3) is 0 Å². The monoisotopic (exact) mass is 406 g/mol. The van der Waals surface area contributed by atoms with Crippen molar-refractivity contribution in [1.82, 2.24) is 10.2 Å². The molecule has 29 heavy (non-hydrogen) atoms. The van der Waals surface area contributed by atoms with Crippen LogP contribution in [-0.2, 0) is 9.63 Å². The van der Waals surface area contributed by atoms with Crippen LogP contribution in [0, 0.1) is 0 Å². The third kappa shape index (κ3) is 3.57. The van der Waals surface area contributed by atoms with Gasteiger partial charge in [-0.1, -0.05) is 41.6 Å². The van der Waals surface area contributed by atoms with Crippen molar-refractivity contribution < 1.29 is 9.63 Å². The van der Waals surface area contributed by atoms with Crippen molar-refractivity contribution in [1.29, 1.82) is 0 Å². The summed E-state index contributed by atoms with van der Waals surface area (Å²) in [7, 11) is 0. The third-order valence-electron chi connectivity index (χ3n) is 5.36. The number of para-hydroxylation sites is 1. The predicted molar refractivity (Wildman–Crippen MR) is 116 cm³/mol. The molecule has 0 saturated carbocycles. The van der Waals surface area contributed by atoms with E-state index < -0.39 is 0 Å². The van der Waals surface area contributed by atoms with Gasteiger partial charge in [-0.25, -0.2) is 0 Å². The minimum atomic E-state index is 0.0371. The van der Waals surface area contributed by atoms with E-state index in [0.717, 1.165) is 60.1 Å². The number of fused-ring (bicyclic) bond motifs is 2. The van der Waals surface area contributed by atoms with Crippen molar-refractivity contribution in [2.75, 3.05) is 44.6 Å². The minimum Gasteiger partial charge on any atom is -0.394 e. The molecule has 0 bridgehead atoms. The highest BCUT2D eigenvalue weighted by molar-refractivity contribution is 8.15. The van der Waals surface area contributed by atoms with E-state index in [4.69, 9.17) is 4.84 Å². The molecule has 0 atom stereocenters. The van der Waals surface area contributed by atoms with Crippen molar-refractivity contribution in [3.63, 3.8) is 0 Å². The average Bonchev–Trinajstić information content (AvgIpc) is 3.28. The van der Waals surface area contributed by atoms with Gasteiger partial charge in [-0.05, 0) is 23.9 Å². The summed E-state index contributed by atoms with van der Waals surface area (Å²) in [6, 6.07) is 15.8. The summed E-state index contributed by atoms with van der Waals surface area (Å²) >= 11 is 1.27. The first-order valence-corrected chi connectivity index (χ1v) is 10.7. The van der Waals surface area contributed by atoms with Gasteiger partial charge in [-0.3, -0.25) is 9.69 Å². The topological polar surface area (TPSA) is 66.0 Å². The molecular formula is C22H22N4O2S. The first-order chi connectivity index (χ1) is 14.3. The van der Waals surface area contributed by atoms with Crippen molar-refractivity contribution in [3.05, 3.63) is 65.4 Å². The zero-order chi connectivity index (χ0) is 19.6. The SMILES string of the molecule is O=C1Sc2ccccc2/C1=C1/Nc2ccccc2/C1=N\OCCN1CCNCC1. The van der Waals surface area contributed by atoms with Crippen molar-refractivity contribution in [2.24, 2.45) is 5.16 Å². The zero-order valence-corrected chi connectivity index (χ0v) is 16.8. The highest BCUT2D eigenvalue weighted by Gasteiger charge is 2.34. The van der Waals surface area contributed by atoms with E-state index in [9.17, 15) is 4.79 Å². The summed E-state index contributed by atoms with van der Waals surface area (Å²) < 4.78 is 0. The lowest BCUT2D eigenvalue weighted by Gasteiger charge is -2.26. The lowest BCUT2D eigenvalue weighted by Crippen LogP contribution is -2.44. The second-order valence-corrected chi connectivity index (χ2v) is 8.19. The van der Waals surface area contributed by atoms with Crippen molar-refractivity contribution in [2.45, 2.75) is 4.90 Å². The summed E-state index contributed by atoms with van der Waals surface area (Å²) in [5.41, 5.74) is 4.95. The molecule has 5 rings (SSSR count). The molecule has 2 aromatic rings. The van der Waals surface area contributed by atoms with Crippen molar-refractivity contribution >= 4 is 33.8 Å². The normalized spacial score (nSPS) is 22.5. The van der Waals surface area contributed by atoms with Crippen LogP contribution in [0.2, 0.25) is 0 Å². The Kier molecular flexibility index (Phi) is 5.10. The molecule has 0 radical (unpaired) electrons.